The zero-order valence-electron chi connectivity index (χ0n) is 10.2. The number of imidazole rings is 1. The summed E-state index contributed by atoms with van der Waals surface area (Å²) in [7, 11) is 0. The maximum atomic E-state index is 5.76. The van der Waals surface area contributed by atoms with E-state index in [-0.39, 0.29) is 0 Å². The monoisotopic (exact) mass is 241 g/mol. The number of aromatic nitrogens is 4. The van der Waals surface area contributed by atoms with E-state index in [0.717, 1.165) is 23.3 Å². The van der Waals surface area contributed by atoms with Crippen molar-refractivity contribution in [3.05, 3.63) is 43.0 Å². The largest absolute Gasteiger partial charge is 0.399 e. The Morgan fingerprint density at radius 3 is 3.06 bits per heavy atom. The van der Waals surface area contributed by atoms with Crippen LogP contribution in [0.3, 0.4) is 0 Å². The predicted molar refractivity (Wildman–Crippen MR) is 71.1 cm³/mol. The van der Waals surface area contributed by atoms with E-state index in [1.54, 1.807) is 6.20 Å². The second-order valence-corrected chi connectivity index (χ2v) is 4.48. The van der Waals surface area contributed by atoms with Gasteiger partial charge in [0.05, 0.1) is 29.9 Å². The Hall–Kier alpha value is -2.30. The van der Waals surface area contributed by atoms with E-state index in [1.807, 2.05) is 41.5 Å². The standard InChI is InChI=1S/C13H15N5/c1-10(8-17-6-2-5-16-17)18-9-15-12-7-11(14)3-4-13(12)18/h2-7,9-10H,8,14H2,1H3. The number of nitrogens with zero attached hydrogens (tertiary/aromatic N) is 4. The number of nitrogens with two attached hydrogens (primary N) is 1. The fourth-order valence-corrected chi connectivity index (χ4v) is 2.17. The molecule has 0 fully saturated rings. The molecule has 2 N–H and O–H groups in total. The number of hydrogen-bond acceptors (Lipinski definition) is 3. The van der Waals surface area contributed by atoms with Gasteiger partial charge in [-0.2, -0.15) is 5.10 Å². The molecule has 0 saturated carbocycles. The van der Waals surface area contributed by atoms with Gasteiger partial charge in [-0.25, -0.2) is 4.98 Å². The van der Waals surface area contributed by atoms with E-state index >= 15 is 0 Å². The summed E-state index contributed by atoms with van der Waals surface area (Å²) < 4.78 is 4.07. The molecule has 3 aromatic rings. The lowest BCUT2D eigenvalue weighted by Crippen LogP contribution is -2.12. The number of fused-ring (bicyclic) bond motifs is 1. The summed E-state index contributed by atoms with van der Waals surface area (Å²) in [5, 5.41) is 4.22. The molecule has 1 aromatic carbocycles. The highest BCUT2D eigenvalue weighted by molar-refractivity contribution is 5.79. The van der Waals surface area contributed by atoms with Crippen LogP contribution in [0.2, 0.25) is 0 Å². The smallest absolute Gasteiger partial charge is 0.0961 e. The van der Waals surface area contributed by atoms with E-state index in [2.05, 4.69) is 21.6 Å². The van der Waals surface area contributed by atoms with Crippen molar-refractivity contribution in [3.8, 4) is 0 Å². The molecule has 0 bridgehead atoms. The number of hydrogen-bond donors (Lipinski definition) is 1. The van der Waals surface area contributed by atoms with Gasteiger partial charge >= 0.3 is 0 Å². The van der Waals surface area contributed by atoms with Gasteiger partial charge in [-0.3, -0.25) is 4.68 Å². The van der Waals surface area contributed by atoms with Crippen LogP contribution >= 0.6 is 0 Å². The topological polar surface area (TPSA) is 61.7 Å². The van der Waals surface area contributed by atoms with Crippen LogP contribution in [0.5, 0.6) is 0 Å². The van der Waals surface area contributed by atoms with Crippen molar-refractivity contribution in [3.63, 3.8) is 0 Å². The van der Waals surface area contributed by atoms with Gasteiger partial charge in [0, 0.05) is 18.1 Å². The van der Waals surface area contributed by atoms with Crippen molar-refractivity contribution < 1.29 is 0 Å². The maximum absolute atomic E-state index is 5.76. The first-order valence-corrected chi connectivity index (χ1v) is 5.93. The highest BCUT2D eigenvalue weighted by Gasteiger charge is 2.10. The molecule has 0 aliphatic heterocycles. The molecular weight excluding hydrogens is 226 g/mol. The Kier molecular flexibility index (Phi) is 2.51. The molecule has 0 saturated heterocycles. The summed E-state index contributed by atoms with van der Waals surface area (Å²) in [4.78, 5) is 4.38. The van der Waals surface area contributed by atoms with Crippen LogP contribution in [0.15, 0.2) is 43.0 Å². The SMILES string of the molecule is CC(Cn1cccn1)n1cnc2cc(N)ccc21. The van der Waals surface area contributed by atoms with Gasteiger partial charge in [0.25, 0.3) is 0 Å². The van der Waals surface area contributed by atoms with E-state index in [9.17, 15) is 0 Å². The van der Waals surface area contributed by atoms with Gasteiger partial charge in [0.1, 0.15) is 0 Å². The Morgan fingerprint density at radius 2 is 2.28 bits per heavy atom. The fraction of sp³-hybridized carbons (Fsp3) is 0.231. The Morgan fingerprint density at radius 1 is 1.39 bits per heavy atom. The Labute approximate surface area is 105 Å². The van der Waals surface area contributed by atoms with E-state index in [1.165, 1.54) is 0 Å². The molecule has 3 rings (SSSR count). The van der Waals surface area contributed by atoms with Crippen LogP contribution in [0.4, 0.5) is 5.69 Å². The second kappa shape index (κ2) is 4.18. The summed E-state index contributed by atoms with van der Waals surface area (Å²) in [5.74, 6) is 0. The molecule has 92 valence electrons. The number of nitrogen functional groups attached to an aromatic ring is 1. The molecule has 1 unspecified atom stereocenters. The molecule has 0 aliphatic carbocycles. The summed E-state index contributed by atoms with van der Waals surface area (Å²) in [5.41, 5.74) is 8.53. The molecule has 0 spiro atoms. The molecule has 0 radical (unpaired) electrons. The zero-order valence-corrected chi connectivity index (χ0v) is 10.2. The Balaban J connectivity index is 1.94. The van der Waals surface area contributed by atoms with Gasteiger partial charge in [0.2, 0.25) is 0 Å². The summed E-state index contributed by atoms with van der Waals surface area (Å²) in [6, 6.07) is 8.03. The first-order chi connectivity index (χ1) is 8.74. The van der Waals surface area contributed by atoms with Crippen LogP contribution in [0, 0.1) is 0 Å². The number of benzene rings is 1. The Bertz CT molecular complexity index is 653. The lowest BCUT2D eigenvalue weighted by molar-refractivity contribution is 0.445. The molecular formula is C13H15N5. The normalized spacial score (nSPS) is 12.9. The van der Waals surface area contributed by atoms with Crippen molar-refractivity contribution in [1.82, 2.24) is 19.3 Å². The molecule has 0 aliphatic rings. The quantitative estimate of drug-likeness (QED) is 0.714. The third-order valence-corrected chi connectivity index (χ3v) is 3.08. The van der Waals surface area contributed by atoms with Crippen molar-refractivity contribution >= 4 is 16.7 Å². The molecule has 5 heteroatoms. The van der Waals surface area contributed by atoms with E-state index in [0.29, 0.717) is 6.04 Å². The minimum absolute atomic E-state index is 0.290. The van der Waals surface area contributed by atoms with Gasteiger partial charge in [-0.05, 0) is 31.2 Å². The van der Waals surface area contributed by atoms with Crippen molar-refractivity contribution in [2.75, 3.05) is 5.73 Å². The molecule has 18 heavy (non-hydrogen) atoms. The van der Waals surface area contributed by atoms with Crippen LogP contribution in [0.1, 0.15) is 13.0 Å². The van der Waals surface area contributed by atoms with Crippen molar-refractivity contribution in [2.45, 2.75) is 19.5 Å². The van der Waals surface area contributed by atoms with Gasteiger partial charge in [0.15, 0.2) is 0 Å². The van der Waals surface area contributed by atoms with Crippen molar-refractivity contribution in [1.29, 1.82) is 0 Å². The molecule has 2 heterocycles. The highest BCUT2D eigenvalue weighted by Crippen LogP contribution is 2.20. The first-order valence-electron chi connectivity index (χ1n) is 5.93. The third-order valence-electron chi connectivity index (χ3n) is 3.08. The summed E-state index contributed by atoms with van der Waals surface area (Å²) in [6.45, 7) is 2.97. The maximum Gasteiger partial charge on any atom is 0.0961 e. The summed E-state index contributed by atoms with van der Waals surface area (Å²) >= 11 is 0. The zero-order chi connectivity index (χ0) is 12.5. The van der Waals surface area contributed by atoms with E-state index < -0.39 is 0 Å². The van der Waals surface area contributed by atoms with Crippen LogP contribution in [0.25, 0.3) is 11.0 Å². The lowest BCUT2D eigenvalue weighted by atomic mass is 10.2. The minimum Gasteiger partial charge on any atom is -0.399 e. The summed E-state index contributed by atoms with van der Waals surface area (Å²) in [6.07, 6.45) is 5.62. The van der Waals surface area contributed by atoms with Crippen LogP contribution < -0.4 is 5.73 Å². The fourth-order valence-electron chi connectivity index (χ4n) is 2.17. The van der Waals surface area contributed by atoms with Crippen LogP contribution in [-0.4, -0.2) is 19.3 Å². The van der Waals surface area contributed by atoms with Gasteiger partial charge in [-0.15, -0.1) is 0 Å². The average Bonchev–Trinajstić information content (AvgIpc) is 2.97. The van der Waals surface area contributed by atoms with Gasteiger partial charge < -0.3 is 10.3 Å². The molecule has 0 amide bonds. The molecule has 2 aromatic heterocycles. The van der Waals surface area contributed by atoms with Crippen LogP contribution in [-0.2, 0) is 6.54 Å². The van der Waals surface area contributed by atoms with E-state index in [4.69, 9.17) is 5.73 Å². The first kappa shape index (κ1) is 10.8. The highest BCUT2D eigenvalue weighted by atomic mass is 15.3. The molecule has 1 atom stereocenters. The second-order valence-electron chi connectivity index (χ2n) is 4.48. The van der Waals surface area contributed by atoms with Crippen molar-refractivity contribution in [2.24, 2.45) is 0 Å². The van der Waals surface area contributed by atoms with Gasteiger partial charge in [-0.1, -0.05) is 0 Å². The number of rotatable bonds is 3. The lowest BCUT2D eigenvalue weighted by Gasteiger charge is -2.14. The molecule has 5 nitrogen and oxygen atoms in total. The average molecular weight is 241 g/mol. The predicted octanol–water partition coefficient (Wildman–Crippen LogP) is 2.08. The number of anilines is 1. The third kappa shape index (κ3) is 1.84. The minimum atomic E-state index is 0.290.